The van der Waals surface area contributed by atoms with E-state index in [9.17, 15) is 5.21 Å². The Morgan fingerprint density at radius 1 is 1.31 bits per heavy atom. The number of quaternary nitrogens is 2. The molecule has 1 N–H and O–H groups in total. The Morgan fingerprint density at radius 2 is 1.77 bits per heavy atom. The van der Waals surface area contributed by atoms with Crippen molar-refractivity contribution in [3.63, 3.8) is 0 Å². The molecule has 0 radical (unpaired) electrons. The molecule has 0 rings (SSSR count). The molecule has 0 fully saturated rings. The fraction of sp³-hybridized carbons (Fsp3) is 1.00. The molecule has 0 bridgehead atoms. The molecule has 13 heavy (non-hydrogen) atoms. The molecule has 0 aromatic carbocycles. The summed E-state index contributed by atoms with van der Waals surface area (Å²) in [5, 5.41) is 12.3. The normalized spacial score (nSPS) is 19.9. The fourth-order valence-electron chi connectivity index (χ4n) is 1.16. The van der Waals surface area contributed by atoms with Crippen molar-refractivity contribution < 1.29 is 29.5 Å². The molecular weight excluding hydrogens is 279 g/mol. The van der Waals surface area contributed by atoms with Gasteiger partial charge in [0, 0.05) is 0 Å². The molecular formula is C9H23IN2O. The van der Waals surface area contributed by atoms with Gasteiger partial charge in [-0.05, 0) is 0 Å². The standard InChI is InChI=1S/C9H23IN2O/c1-7-10-12(6,9(3,4)5)11(13)8-2/h11H,7-8H2,1-6H3. The Kier molecular flexibility index (Phi) is 5.14. The van der Waals surface area contributed by atoms with Crippen LogP contribution in [0.1, 0.15) is 34.6 Å². The number of nitrogens with zero attached hydrogens (tertiary/aromatic N) is 1. The van der Waals surface area contributed by atoms with Gasteiger partial charge in [0.05, 0.1) is 0 Å². The summed E-state index contributed by atoms with van der Waals surface area (Å²) in [6.07, 6.45) is 0. The van der Waals surface area contributed by atoms with E-state index >= 15 is 0 Å². The van der Waals surface area contributed by atoms with Gasteiger partial charge in [-0.2, -0.15) is 0 Å². The van der Waals surface area contributed by atoms with Crippen LogP contribution in [0, 0.1) is 5.21 Å². The monoisotopic (exact) mass is 302 g/mol. The number of hydrogen-bond acceptors (Lipinski definition) is 1. The Morgan fingerprint density at radius 3 is 2.00 bits per heavy atom. The van der Waals surface area contributed by atoms with E-state index in [0.717, 1.165) is 0 Å². The number of halogens is 1. The first-order chi connectivity index (χ1) is 5.79. The van der Waals surface area contributed by atoms with Gasteiger partial charge in [0.2, 0.25) is 0 Å². The van der Waals surface area contributed by atoms with E-state index in [1.165, 1.54) is 4.43 Å². The Bertz CT molecular complexity index is 158. The third kappa shape index (κ3) is 3.04. The Hall–Kier alpha value is 0.610. The molecule has 0 saturated heterocycles. The van der Waals surface area contributed by atoms with Crippen molar-refractivity contribution in [2.75, 3.05) is 18.0 Å². The number of rotatable bonds is 4. The van der Waals surface area contributed by atoms with E-state index in [1.807, 2.05) is 6.92 Å². The van der Waals surface area contributed by atoms with Crippen molar-refractivity contribution in [2.24, 2.45) is 0 Å². The summed E-state index contributed by atoms with van der Waals surface area (Å²) in [5.74, 6) is 0. The van der Waals surface area contributed by atoms with Crippen molar-refractivity contribution in [1.29, 1.82) is 0 Å². The predicted molar refractivity (Wildman–Crippen MR) is 51.3 cm³/mol. The summed E-state index contributed by atoms with van der Waals surface area (Å²) >= 11 is -0.0700. The maximum atomic E-state index is 11.9. The summed E-state index contributed by atoms with van der Waals surface area (Å²) in [6, 6.07) is 0. The molecule has 0 saturated carbocycles. The van der Waals surface area contributed by atoms with Crippen molar-refractivity contribution >= 4 is 0 Å². The van der Waals surface area contributed by atoms with Crippen LogP contribution < -0.4 is 26.7 Å². The molecule has 0 aliphatic carbocycles. The number of nitrogens with one attached hydrogen (secondary N) is 1. The molecule has 3 nitrogen and oxygen atoms in total. The van der Waals surface area contributed by atoms with E-state index in [1.54, 1.807) is 0 Å². The van der Waals surface area contributed by atoms with Gasteiger partial charge in [0.25, 0.3) is 0 Å². The molecule has 2 atom stereocenters. The van der Waals surface area contributed by atoms with E-state index in [4.69, 9.17) is 0 Å². The average molecular weight is 302 g/mol. The van der Waals surface area contributed by atoms with Crippen LogP contribution in [0.15, 0.2) is 0 Å². The van der Waals surface area contributed by atoms with Gasteiger partial charge in [0.15, 0.2) is 0 Å². The first kappa shape index (κ1) is 13.6. The van der Waals surface area contributed by atoms with Crippen LogP contribution in [0.3, 0.4) is 0 Å². The molecule has 0 aromatic rings. The second kappa shape index (κ2) is 4.91. The van der Waals surface area contributed by atoms with Crippen molar-refractivity contribution in [3.8, 4) is 0 Å². The summed E-state index contributed by atoms with van der Waals surface area (Å²) in [5.41, 5.74) is 0.0659. The van der Waals surface area contributed by atoms with Crippen molar-refractivity contribution in [1.82, 2.24) is 0 Å². The van der Waals surface area contributed by atoms with Crippen LogP contribution in [0.2, 0.25) is 0 Å². The fourth-order valence-corrected chi connectivity index (χ4v) is 4.27. The summed E-state index contributed by atoms with van der Waals surface area (Å²) in [6.45, 7) is 11.3. The zero-order chi connectivity index (χ0) is 10.7. The second-order valence-electron chi connectivity index (χ2n) is 4.20. The van der Waals surface area contributed by atoms with Gasteiger partial charge in [-0.1, -0.05) is 0 Å². The second-order valence-corrected chi connectivity index (χ2v) is 8.34. The predicted octanol–water partition coefficient (Wildman–Crippen LogP) is -2.43. The minimum absolute atomic E-state index is 0.0659. The summed E-state index contributed by atoms with van der Waals surface area (Å²) in [7, 11) is 2.10. The molecule has 82 valence electrons. The Labute approximate surface area is 92.8 Å². The number of hydrogen-bond donors (Lipinski definition) is 1. The van der Waals surface area contributed by atoms with Crippen molar-refractivity contribution in [3.05, 3.63) is 5.21 Å². The summed E-state index contributed by atoms with van der Waals surface area (Å²) in [4.78, 5) is 0. The number of hydroxylamine groups is 1. The zero-order valence-corrected chi connectivity index (χ0v) is 11.8. The van der Waals surface area contributed by atoms with E-state index < -0.39 is 0 Å². The van der Waals surface area contributed by atoms with Crippen LogP contribution in [-0.4, -0.2) is 26.4 Å². The molecule has 0 aliphatic rings. The van der Waals surface area contributed by atoms with Crippen molar-refractivity contribution in [2.45, 2.75) is 40.2 Å². The zero-order valence-electron chi connectivity index (χ0n) is 9.65. The molecule has 0 aliphatic heterocycles. The van der Waals surface area contributed by atoms with Gasteiger partial charge >= 0.3 is 92.8 Å². The molecule has 2 unspecified atom stereocenters. The minimum atomic E-state index is -0.0700. The van der Waals surface area contributed by atoms with Crippen LogP contribution in [0.25, 0.3) is 0 Å². The Balaban J connectivity index is 4.72. The topological polar surface area (TPSA) is 27.5 Å². The quantitative estimate of drug-likeness (QED) is 0.266. The number of alkyl halides is 1. The molecule has 0 spiro atoms. The van der Waals surface area contributed by atoms with Crippen LogP contribution in [-0.2, 0) is 0 Å². The van der Waals surface area contributed by atoms with Crippen LogP contribution in [0.4, 0.5) is 0 Å². The van der Waals surface area contributed by atoms with Gasteiger partial charge < -0.3 is 0 Å². The van der Waals surface area contributed by atoms with Crippen LogP contribution in [0.5, 0.6) is 0 Å². The first-order valence-electron chi connectivity index (χ1n) is 4.80. The average Bonchev–Trinajstić information content (AvgIpc) is 2.01. The first-order valence-corrected chi connectivity index (χ1v) is 7.29. The molecule has 4 heteroatoms. The molecule has 0 aromatic heterocycles. The van der Waals surface area contributed by atoms with E-state index in [2.05, 4.69) is 34.7 Å². The third-order valence-electron chi connectivity index (χ3n) is 2.39. The third-order valence-corrected chi connectivity index (χ3v) is 6.42. The SMILES string of the molecule is CC[I-][N+](C)([NH+]([O-])CC)C(C)(C)C. The van der Waals surface area contributed by atoms with Crippen LogP contribution >= 0.6 is 0 Å². The van der Waals surface area contributed by atoms with Gasteiger partial charge in [-0.25, -0.2) is 0 Å². The van der Waals surface area contributed by atoms with Gasteiger partial charge in [0.1, 0.15) is 0 Å². The van der Waals surface area contributed by atoms with Gasteiger partial charge in [-0.3, -0.25) is 0 Å². The van der Waals surface area contributed by atoms with E-state index in [0.29, 0.717) is 14.5 Å². The molecule has 0 heterocycles. The summed E-state index contributed by atoms with van der Waals surface area (Å²) < 4.78 is 1.83. The maximum absolute atomic E-state index is 11.9. The van der Waals surface area contributed by atoms with E-state index in [-0.39, 0.29) is 27.0 Å². The van der Waals surface area contributed by atoms with Gasteiger partial charge in [-0.15, -0.1) is 0 Å². The molecule has 0 amide bonds.